The largest absolute Gasteiger partial charge is 0.0884 e. The molecule has 0 saturated heterocycles. The monoisotopic (exact) mass is 152 g/mol. The van der Waals surface area contributed by atoms with Gasteiger partial charge >= 0.3 is 0 Å². The van der Waals surface area contributed by atoms with Crippen LogP contribution in [0.15, 0.2) is 11.6 Å². The second-order valence-electron chi connectivity index (χ2n) is 3.70. The molecule has 0 unspecified atom stereocenters. The molecule has 11 heavy (non-hydrogen) atoms. The third kappa shape index (κ3) is 3.60. The lowest BCUT2D eigenvalue weighted by Gasteiger charge is -2.03. The van der Waals surface area contributed by atoms with E-state index in [1.54, 1.807) is 5.57 Å². The molecule has 1 rings (SSSR count). The number of hydrogen-bond donors (Lipinski definition) is 0. The summed E-state index contributed by atoms with van der Waals surface area (Å²) in [6.07, 6.45) is 10.8. The molecule has 0 radical (unpaired) electrons. The molecule has 0 aromatic heterocycles. The van der Waals surface area contributed by atoms with Crippen LogP contribution >= 0.6 is 0 Å². The molecule has 0 bridgehead atoms. The molecule has 64 valence electrons. The van der Waals surface area contributed by atoms with Crippen molar-refractivity contribution in [3.8, 4) is 0 Å². The van der Waals surface area contributed by atoms with E-state index < -0.39 is 0 Å². The van der Waals surface area contributed by atoms with Gasteiger partial charge in [0.2, 0.25) is 0 Å². The van der Waals surface area contributed by atoms with Crippen molar-refractivity contribution >= 4 is 0 Å². The molecule has 0 aromatic rings. The summed E-state index contributed by atoms with van der Waals surface area (Å²) in [6.45, 7) is 4.46. The Morgan fingerprint density at radius 1 is 1.45 bits per heavy atom. The molecule has 1 saturated carbocycles. The molecule has 1 aliphatic rings. The lowest BCUT2D eigenvalue weighted by atomic mass is 10.0. The van der Waals surface area contributed by atoms with E-state index in [2.05, 4.69) is 19.9 Å². The molecule has 1 aliphatic carbocycles. The molecule has 0 spiro atoms. The molecule has 0 atom stereocenters. The van der Waals surface area contributed by atoms with E-state index in [1.807, 2.05) is 0 Å². The molecule has 0 nitrogen and oxygen atoms in total. The maximum absolute atomic E-state index is 2.33. The van der Waals surface area contributed by atoms with Crippen molar-refractivity contribution in [2.75, 3.05) is 0 Å². The first kappa shape index (κ1) is 8.83. The van der Waals surface area contributed by atoms with Crippen molar-refractivity contribution in [1.29, 1.82) is 0 Å². The molecule has 0 heteroatoms. The highest BCUT2D eigenvalue weighted by atomic mass is 14.3. The zero-order chi connectivity index (χ0) is 8.10. The Morgan fingerprint density at radius 2 is 2.18 bits per heavy atom. The Balaban J connectivity index is 2.13. The molecular weight excluding hydrogens is 132 g/mol. The number of hydrogen-bond acceptors (Lipinski definition) is 0. The second kappa shape index (κ2) is 4.58. The summed E-state index contributed by atoms with van der Waals surface area (Å²) in [6, 6.07) is 0. The molecule has 0 N–H and O–H groups in total. The number of rotatable bonds is 5. The average Bonchev–Trinajstić information content (AvgIpc) is 2.81. The van der Waals surface area contributed by atoms with Crippen molar-refractivity contribution in [3.05, 3.63) is 11.6 Å². The Labute approximate surface area is 70.7 Å². The molecular formula is C11H20. The molecule has 0 aromatic carbocycles. The van der Waals surface area contributed by atoms with Gasteiger partial charge < -0.3 is 0 Å². The van der Waals surface area contributed by atoms with Crippen LogP contribution in [-0.2, 0) is 0 Å². The van der Waals surface area contributed by atoms with Crippen molar-refractivity contribution in [2.24, 2.45) is 5.92 Å². The molecule has 0 aliphatic heterocycles. The van der Waals surface area contributed by atoms with Crippen LogP contribution in [0.5, 0.6) is 0 Å². The number of unbranched alkanes of at least 4 members (excludes halogenated alkanes) is 1. The van der Waals surface area contributed by atoms with Gasteiger partial charge in [0.05, 0.1) is 0 Å². The van der Waals surface area contributed by atoms with Crippen LogP contribution in [0.2, 0.25) is 0 Å². The Morgan fingerprint density at radius 3 is 2.64 bits per heavy atom. The van der Waals surface area contributed by atoms with Crippen LogP contribution in [0.1, 0.15) is 52.4 Å². The zero-order valence-electron chi connectivity index (χ0n) is 7.90. The van der Waals surface area contributed by atoms with Crippen LogP contribution < -0.4 is 0 Å². The van der Waals surface area contributed by atoms with Gasteiger partial charge in [-0.15, -0.1) is 0 Å². The first-order chi connectivity index (χ1) is 5.36. The predicted molar refractivity (Wildman–Crippen MR) is 50.6 cm³/mol. The summed E-state index contributed by atoms with van der Waals surface area (Å²) in [5, 5.41) is 0. The maximum atomic E-state index is 2.33. The maximum Gasteiger partial charge on any atom is -0.0292 e. The first-order valence-electron chi connectivity index (χ1n) is 5.00. The van der Waals surface area contributed by atoms with Crippen LogP contribution in [0, 0.1) is 5.92 Å². The van der Waals surface area contributed by atoms with E-state index in [-0.39, 0.29) is 0 Å². The smallest absolute Gasteiger partial charge is 0.0292 e. The Kier molecular flexibility index (Phi) is 3.68. The molecule has 1 fully saturated rings. The third-order valence-corrected chi connectivity index (χ3v) is 2.51. The quantitative estimate of drug-likeness (QED) is 0.524. The topological polar surface area (TPSA) is 0 Å². The van der Waals surface area contributed by atoms with E-state index in [4.69, 9.17) is 0 Å². The fourth-order valence-corrected chi connectivity index (χ4v) is 1.46. The average molecular weight is 152 g/mol. The fourth-order valence-electron chi connectivity index (χ4n) is 1.46. The zero-order valence-corrected chi connectivity index (χ0v) is 7.90. The fraction of sp³-hybridized carbons (Fsp3) is 0.818. The summed E-state index contributed by atoms with van der Waals surface area (Å²) in [7, 11) is 0. The van der Waals surface area contributed by atoms with E-state index in [1.165, 1.54) is 38.5 Å². The Hall–Kier alpha value is -0.260. The first-order valence-corrected chi connectivity index (χ1v) is 5.00. The highest BCUT2D eigenvalue weighted by Crippen LogP contribution is 2.36. The Bertz CT molecular complexity index is 129. The van der Waals surface area contributed by atoms with Crippen molar-refractivity contribution in [1.82, 2.24) is 0 Å². The standard InChI is InChI=1S/C11H20/c1-3-5-6-10(4-2)9-11-7-8-11/h4,11H,3,5-9H2,1-2H3. The van der Waals surface area contributed by atoms with Gasteiger partial charge in [-0.05, 0) is 44.9 Å². The van der Waals surface area contributed by atoms with Gasteiger partial charge in [0.1, 0.15) is 0 Å². The second-order valence-corrected chi connectivity index (χ2v) is 3.70. The SMILES string of the molecule is CC=C(CCCC)CC1CC1. The van der Waals surface area contributed by atoms with Gasteiger partial charge in [-0.3, -0.25) is 0 Å². The van der Waals surface area contributed by atoms with E-state index in [0.29, 0.717) is 0 Å². The summed E-state index contributed by atoms with van der Waals surface area (Å²) < 4.78 is 0. The van der Waals surface area contributed by atoms with Crippen LogP contribution in [0.4, 0.5) is 0 Å². The van der Waals surface area contributed by atoms with Crippen LogP contribution in [0.3, 0.4) is 0 Å². The normalized spacial score (nSPS) is 18.9. The minimum absolute atomic E-state index is 1.07. The van der Waals surface area contributed by atoms with Crippen LogP contribution in [-0.4, -0.2) is 0 Å². The lowest BCUT2D eigenvalue weighted by molar-refractivity contribution is 0.715. The van der Waals surface area contributed by atoms with E-state index >= 15 is 0 Å². The molecule has 0 heterocycles. The van der Waals surface area contributed by atoms with Gasteiger partial charge in [0.25, 0.3) is 0 Å². The molecule has 0 amide bonds. The minimum Gasteiger partial charge on any atom is -0.0884 e. The highest BCUT2D eigenvalue weighted by Gasteiger charge is 2.21. The van der Waals surface area contributed by atoms with Crippen molar-refractivity contribution in [3.63, 3.8) is 0 Å². The van der Waals surface area contributed by atoms with Gasteiger partial charge in [-0.2, -0.15) is 0 Å². The lowest BCUT2D eigenvalue weighted by Crippen LogP contribution is -1.85. The van der Waals surface area contributed by atoms with Crippen LogP contribution in [0.25, 0.3) is 0 Å². The van der Waals surface area contributed by atoms with Crippen molar-refractivity contribution < 1.29 is 0 Å². The van der Waals surface area contributed by atoms with E-state index in [0.717, 1.165) is 5.92 Å². The van der Waals surface area contributed by atoms with Crippen molar-refractivity contribution in [2.45, 2.75) is 52.4 Å². The third-order valence-electron chi connectivity index (χ3n) is 2.51. The summed E-state index contributed by atoms with van der Waals surface area (Å²) in [5.41, 5.74) is 1.70. The summed E-state index contributed by atoms with van der Waals surface area (Å²) in [5.74, 6) is 1.07. The number of allylic oxidation sites excluding steroid dienone is 2. The predicted octanol–water partition coefficient (Wildman–Crippen LogP) is 3.92. The van der Waals surface area contributed by atoms with Gasteiger partial charge in [-0.1, -0.05) is 25.0 Å². The van der Waals surface area contributed by atoms with E-state index in [9.17, 15) is 0 Å². The summed E-state index contributed by atoms with van der Waals surface area (Å²) in [4.78, 5) is 0. The highest BCUT2D eigenvalue weighted by molar-refractivity contribution is 5.03. The van der Waals surface area contributed by atoms with Gasteiger partial charge in [0.15, 0.2) is 0 Å². The van der Waals surface area contributed by atoms with Gasteiger partial charge in [0, 0.05) is 0 Å². The summed E-state index contributed by atoms with van der Waals surface area (Å²) >= 11 is 0. The van der Waals surface area contributed by atoms with Gasteiger partial charge in [-0.25, -0.2) is 0 Å². The minimum atomic E-state index is 1.07.